The van der Waals surface area contributed by atoms with E-state index >= 15 is 0 Å². The van der Waals surface area contributed by atoms with Crippen molar-refractivity contribution in [1.29, 1.82) is 0 Å². The first-order chi connectivity index (χ1) is 9.87. The summed E-state index contributed by atoms with van der Waals surface area (Å²) < 4.78 is 6.16. The van der Waals surface area contributed by atoms with Crippen LogP contribution in [-0.2, 0) is 11.3 Å². The Bertz CT molecular complexity index is 603. The van der Waals surface area contributed by atoms with E-state index in [4.69, 9.17) is 4.74 Å². The minimum atomic E-state index is 0. The summed E-state index contributed by atoms with van der Waals surface area (Å²) in [5.41, 5.74) is 1.29. The molecule has 0 saturated carbocycles. The first-order valence-electron chi connectivity index (χ1n) is 7.72. The van der Waals surface area contributed by atoms with E-state index in [0.29, 0.717) is 18.2 Å². The Morgan fingerprint density at radius 2 is 1.67 bits per heavy atom. The van der Waals surface area contributed by atoms with Gasteiger partial charge in [-0.15, -0.1) is 12.4 Å². The molecular formula is C18H22ClNO. The summed E-state index contributed by atoms with van der Waals surface area (Å²) in [7, 11) is 0. The molecule has 0 aromatic heterocycles. The molecule has 0 spiro atoms. The molecule has 2 nitrogen and oxygen atoms in total. The summed E-state index contributed by atoms with van der Waals surface area (Å²) >= 11 is 0. The molecule has 2 bridgehead atoms. The highest BCUT2D eigenvalue weighted by atomic mass is 35.5. The number of nitrogens with one attached hydrogen (secondary N) is 1. The average Bonchev–Trinajstić information content (AvgIpc) is 2.84. The average molecular weight is 304 g/mol. The molecule has 2 aliphatic heterocycles. The fourth-order valence-electron chi connectivity index (χ4n) is 3.68. The van der Waals surface area contributed by atoms with Crippen LogP contribution in [0.2, 0.25) is 0 Å². The second-order valence-corrected chi connectivity index (χ2v) is 6.22. The van der Waals surface area contributed by atoms with Crippen LogP contribution >= 0.6 is 12.4 Å². The number of ether oxygens (including phenoxy) is 1. The van der Waals surface area contributed by atoms with Gasteiger partial charge < -0.3 is 10.1 Å². The lowest BCUT2D eigenvalue weighted by Gasteiger charge is -2.29. The molecule has 2 unspecified atom stereocenters. The van der Waals surface area contributed by atoms with Gasteiger partial charge in [-0.25, -0.2) is 0 Å². The van der Waals surface area contributed by atoms with Crippen molar-refractivity contribution in [3.63, 3.8) is 0 Å². The fourth-order valence-corrected chi connectivity index (χ4v) is 3.68. The van der Waals surface area contributed by atoms with Gasteiger partial charge in [-0.2, -0.15) is 0 Å². The molecule has 0 aliphatic carbocycles. The van der Waals surface area contributed by atoms with Gasteiger partial charge in [-0.1, -0.05) is 36.4 Å². The number of benzene rings is 2. The Hall–Kier alpha value is -1.09. The largest absolute Gasteiger partial charge is 0.373 e. The molecule has 2 aromatic carbocycles. The topological polar surface area (TPSA) is 21.3 Å². The summed E-state index contributed by atoms with van der Waals surface area (Å²) in [6.45, 7) is 0.745. The van der Waals surface area contributed by atoms with E-state index in [-0.39, 0.29) is 12.4 Å². The van der Waals surface area contributed by atoms with E-state index in [2.05, 4.69) is 47.8 Å². The Balaban J connectivity index is 0.00000132. The highest BCUT2D eigenvalue weighted by Crippen LogP contribution is 2.29. The zero-order valence-corrected chi connectivity index (χ0v) is 12.9. The zero-order valence-electron chi connectivity index (χ0n) is 12.1. The number of hydrogen-bond acceptors (Lipinski definition) is 2. The van der Waals surface area contributed by atoms with E-state index in [1.165, 1.54) is 42.0 Å². The molecule has 2 aliphatic rings. The summed E-state index contributed by atoms with van der Waals surface area (Å²) in [4.78, 5) is 0. The van der Waals surface area contributed by atoms with Crippen LogP contribution in [0, 0.1) is 0 Å². The Morgan fingerprint density at radius 1 is 0.952 bits per heavy atom. The number of hydrogen-bond donors (Lipinski definition) is 1. The standard InChI is InChI=1S/C18H21NO.ClH/c1-2-4-15-9-13(5-6-14(15)3-1)12-20-18-10-16-7-8-17(11-18)19-16;/h1-6,9,16-19H,7-8,10-12H2;1H. The van der Waals surface area contributed by atoms with Crippen molar-refractivity contribution in [3.8, 4) is 0 Å². The molecule has 2 atom stereocenters. The summed E-state index contributed by atoms with van der Waals surface area (Å²) in [5, 5.41) is 6.27. The summed E-state index contributed by atoms with van der Waals surface area (Å²) in [6.07, 6.45) is 5.48. The van der Waals surface area contributed by atoms with Crippen molar-refractivity contribution >= 4 is 23.2 Å². The van der Waals surface area contributed by atoms with E-state index in [0.717, 1.165) is 6.61 Å². The van der Waals surface area contributed by atoms with Crippen molar-refractivity contribution in [2.45, 2.75) is 50.5 Å². The van der Waals surface area contributed by atoms with Crippen molar-refractivity contribution in [2.24, 2.45) is 0 Å². The van der Waals surface area contributed by atoms with Gasteiger partial charge in [-0.3, -0.25) is 0 Å². The third kappa shape index (κ3) is 3.23. The van der Waals surface area contributed by atoms with Crippen LogP contribution in [0.25, 0.3) is 10.8 Å². The number of piperidine rings is 1. The lowest BCUT2D eigenvalue weighted by atomic mass is 10.0. The van der Waals surface area contributed by atoms with Gasteiger partial charge in [0.25, 0.3) is 0 Å². The molecule has 0 amide bonds. The minimum Gasteiger partial charge on any atom is -0.373 e. The van der Waals surface area contributed by atoms with Crippen LogP contribution < -0.4 is 5.32 Å². The van der Waals surface area contributed by atoms with Gasteiger partial charge in [0.2, 0.25) is 0 Å². The third-order valence-corrected chi connectivity index (χ3v) is 4.73. The van der Waals surface area contributed by atoms with Crippen LogP contribution in [-0.4, -0.2) is 18.2 Å². The van der Waals surface area contributed by atoms with Crippen LogP contribution in [0.1, 0.15) is 31.2 Å². The zero-order chi connectivity index (χ0) is 13.4. The number of halogens is 1. The summed E-state index contributed by atoms with van der Waals surface area (Å²) in [5.74, 6) is 0. The first kappa shape index (κ1) is 14.8. The smallest absolute Gasteiger partial charge is 0.0720 e. The van der Waals surface area contributed by atoms with Crippen molar-refractivity contribution in [1.82, 2.24) is 5.32 Å². The summed E-state index contributed by atoms with van der Waals surface area (Å²) in [6, 6.07) is 16.6. The van der Waals surface area contributed by atoms with Crippen LogP contribution in [0.3, 0.4) is 0 Å². The van der Waals surface area contributed by atoms with Gasteiger partial charge in [0.1, 0.15) is 0 Å². The molecule has 4 rings (SSSR count). The third-order valence-electron chi connectivity index (χ3n) is 4.73. The van der Waals surface area contributed by atoms with E-state index in [9.17, 15) is 0 Å². The second kappa shape index (κ2) is 6.35. The van der Waals surface area contributed by atoms with Crippen LogP contribution in [0.15, 0.2) is 42.5 Å². The molecule has 2 aromatic rings. The Morgan fingerprint density at radius 3 is 2.43 bits per heavy atom. The van der Waals surface area contributed by atoms with Gasteiger partial charge in [0, 0.05) is 12.1 Å². The normalized spacial score (nSPS) is 27.5. The Kier molecular flexibility index (Phi) is 4.48. The minimum absolute atomic E-state index is 0. The fraction of sp³-hybridized carbons (Fsp3) is 0.444. The van der Waals surface area contributed by atoms with Crippen molar-refractivity contribution < 1.29 is 4.74 Å². The maximum absolute atomic E-state index is 6.16. The number of fused-ring (bicyclic) bond motifs is 3. The molecular weight excluding hydrogens is 282 g/mol. The lowest BCUT2D eigenvalue weighted by molar-refractivity contribution is 0.00922. The quantitative estimate of drug-likeness (QED) is 0.923. The maximum atomic E-state index is 6.16. The molecule has 1 N–H and O–H groups in total. The van der Waals surface area contributed by atoms with Crippen molar-refractivity contribution in [2.75, 3.05) is 0 Å². The van der Waals surface area contributed by atoms with Gasteiger partial charge in [0.05, 0.1) is 12.7 Å². The lowest BCUT2D eigenvalue weighted by Crippen LogP contribution is -2.41. The molecule has 3 heteroatoms. The van der Waals surface area contributed by atoms with Gasteiger partial charge >= 0.3 is 0 Å². The van der Waals surface area contributed by atoms with Gasteiger partial charge in [-0.05, 0) is 48.1 Å². The highest BCUT2D eigenvalue weighted by Gasteiger charge is 2.33. The Labute approximate surface area is 132 Å². The predicted octanol–water partition coefficient (Wildman–Crippen LogP) is 4.06. The molecule has 0 radical (unpaired) electrons. The van der Waals surface area contributed by atoms with E-state index in [1.54, 1.807) is 0 Å². The molecule has 112 valence electrons. The predicted molar refractivity (Wildman–Crippen MR) is 89.0 cm³/mol. The molecule has 21 heavy (non-hydrogen) atoms. The molecule has 2 fully saturated rings. The SMILES string of the molecule is Cl.c1ccc2cc(COC3CC4CCC(C3)N4)ccc2c1. The molecule has 2 saturated heterocycles. The van der Waals surface area contributed by atoms with Crippen LogP contribution in [0.5, 0.6) is 0 Å². The monoisotopic (exact) mass is 303 g/mol. The first-order valence-corrected chi connectivity index (χ1v) is 7.72. The van der Waals surface area contributed by atoms with E-state index in [1.807, 2.05) is 0 Å². The second-order valence-electron chi connectivity index (χ2n) is 6.22. The van der Waals surface area contributed by atoms with Crippen LogP contribution in [0.4, 0.5) is 0 Å². The van der Waals surface area contributed by atoms with Gasteiger partial charge in [0.15, 0.2) is 0 Å². The number of rotatable bonds is 3. The molecule has 2 heterocycles. The highest BCUT2D eigenvalue weighted by molar-refractivity contribution is 5.85. The van der Waals surface area contributed by atoms with E-state index < -0.39 is 0 Å². The van der Waals surface area contributed by atoms with Crippen molar-refractivity contribution in [3.05, 3.63) is 48.0 Å². The maximum Gasteiger partial charge on any atom is 0.0720 e.